The first-order chi connectivity index (χ1) is 13.6. The number of benzene rings is 1. The molecular formula is C20H25N3O5S. The third-order valence-corrected chi connectivity index (χ3v) is 6.97. The standard InChI is InChI=1S/C20H25N3O5S/c1-20(2,3)18-6-7-19(24)23(21-18)13-14-11-22(12-14)29(25,26)15-4-5-16-17(10-15)28-9-8-27-16/h4-7,10,14H,8-9,11-13H2,1-3H3. The lowest BCUT2D eigenvalue weighted by atomic mass is 9.92. The first-order valence-corrected chi connectivity index (χ1v) is 11.1. The Balaban J connectivity index is 1.45. The van der Waals surface area contributed by atoms with E-state index in [2.05, 4.69) is 5.10 Å². The molecule has 9 heteroatoms. The van der Waals surface area contributed by atoms with Gasteiger partial charge in [0.1, 0.15) is 13.2 Å². The van der Waals surface area contributed by atoms with Crippen molar-refractivity contribution in [2.45, 2.75) is 37.6 Å². The third kappa shape index (κ3) is 3.89. The maximum atomic E-state index is 12.9. The number of rotatable bonds is 4. The van der Waals surface area contributed by atoms with Crippen molar-refractivity contribution in [2.75, 3.05) is 26.3 Å². The van der Waals surface area contributed by atoms with Crippen LogP contribution in [-0.4, -0.2) is 48.8 Å². The Morgan fingerprint density at radius 1 is 1.07 bits per heavy atom. The van der Waals surface area contributed by atoms with Crippen LogP contribution in [0.15, 0.2) is 40.0 Å². The fraction of sp³-hybridized carbons (Fsp3) is 0.500. The molecule has 0 aliphatic carbocycles. The first-order valence-electron chi connectivity index (χ1n) is 9.63. The molecule has 0 spiro atoms. The molecule has 0 radical (unpaired) electrons. The summed E-state index contributed by atoms with van der Waals surface area (Å²) in [4.78, 5) is 12.3. The van der Waals surface area contributed by atoms with Crippen molar-refractivity contribution in [1.29, 1.82) is 0 Å². The SMILES string of the molecule is CC(C)(C)c1ccc(=O)n(CC2CN(S(=O)(=O)c3ccc4c(c3)OCCO4)C2)n1. The zero-order chi connectivity index (χ0) is 20.8. The summed E-state index contributed by atoms with van der Waals surface area (Å²) in [5.74, 6) is 1.05. The van der Waals surface area contributed by atoms with Gasteiger partial charge in [0.15, 0.2) is 11.5 Å². The Bertz CT molecular complexity index is 1080. The first kappa shape index (κ1) is 19.9. The van der Waals surface area contributed by atoms with Gasteiger partial charge in [-0.25, -0.2) is 13.1 Å². The summed E-state index contributed by atoms with van der Waals surface area (Å²) in [7, 11) is -3.61. The van der Waals surface area contributed by atoms with Crippen molar-refractivity contribution in [3.63, 3.8) is 0 Å². The highest BCUT2D eigenvalue weighted by Crippen LogP contribution is 2.34. The minimum atomic E-state index is -3.61. The maximum Gasteiger partial charge on any atom is 0.266 e. The van der Waals surface area contributed by atoms with Gasteiger partial charge in [-0.05, 0) is 18.2 Å². The van der Waals surface area contributed by atoms with Crippen LogP contribution in [-0.2, 0) is 22.0 Å². The topological polar surface area (TPSA) is 90.7 Å². The van der Waals surface area contributed by atoms with Crippen molar-refractivity contribution in [1.82, 2.24) is 14.1 Å². The summed E-state index contributed by atoms with van der Waals surface area (Å²) in [6.07, 6.45) is 0. The molecule has 0 saturated carbocycles. The smallest absolute Gasteiger partial charge is 0.266 e. The molecule has 2 aromatic rings. The van der Waals surface area contributed by atoms with Crippen LogP contribution in [0.3, 0.4) is 0 Å². The highest BCUT2D eigenvalue weighted by Gasteiger charge is 2.37. The highest BCUT2D eigenvalue weighted by atomic mass is 32.2. The molecule has 8 nitrogen and oxygen atoms in total. The van der Waals surface area contributed by atoms with Gasteiger partial charge in [-0.15, -0.1) is 0 Å². The molecule has 0 bridgehead atoms. The third-order valence-electron chi connectivity index (χ3n) is 5.14. The molecule has 1 saturated heterocycles. The van der Waals surface area contributed by atoms with E-state index in [1.807, 2.05) is 20.8 Å². The molecule has 29 heavy (non-hydrogen) atoms. The van der Waals surface area contributed by atoms with Crippen molar-refractivity contribution >= 4 is 10.0 Å². The van der Waals surface area contributed by atoms with Gasteiger partial charge in [0.2, 0.25) is 10.0 Å². The van der Waals surface area contributed by atoms with Crippen molar-refractivity contribution in [3.8, 4) is 11.5 Å². The molecule has 0 unspecified atom stereocenters. The van der Waals surface area contributed by atoms with E-state index < -0.39 is 10.0 Å². The summed E-state index contributed by atoms with van der Waals surface area (Å²) in [5, 5.41) is 4.46. The molecular weight excluding hydrogens is 394 g/mol. The summed E-state index contributed by atoms with van der Waals surface area (Å²) in [6, 6.07) is 7.94. The van der Waals surface area contributed by atoms with Crippen LogP contribution >= 0.6 is 0 Å². The lowest BCUT2D eigenvalue weighted by Gasteiger charge is -2.38. The second kappa shape index (κ2) is 7.14. The predicted molar refractivity (Wildman–Crippen MR) is 107 cm³/mol. The fourth-order valence-corrected chi connectivity index (χ4v) is 5.00. The lowest BCUT2D eigenvalue weighted by molar-refractivity contribution is 0.168. The van der Waals surface area contributed by atoms with E-state index in [4.69, 9.17) is 9.47 Å². The number of hydrogen-bond acceptors (Lipinski definition) is 6. The number of aromatic nitrogens is 2. The lowest BCUT2D eigenvalue weighted by Crippen LogP contribution is -2.52. The van der Waals surface area contributed by atoms with Crippen molar-refractivity contribution < 1.29 is 17.9 Å². The van der Waals surface area contributed by atoms with Crippen LogP contribution in [0.25, 0.3) is 0 Å². The molecule has 0 amide bonds. The Labute approximate surface area is 170 Å². The molecule has 156 valence electrons. The van der Waals surface area contributed by atoms with Crippen LogP contribution < -0.4 is 15.0 Å². The molecule has 1 fully saturated rings. The van der Waals surface area contributed by atoms with E-state index in [9.17, 15) is 13.2 Å². The Hall–Kier alpha value is -2.39. The van der Waals surface area contributed by atoms with Crippen molar-refractivity contribution in [3.05, 3.63) is 46.4 Å². The van der Waals surface area contributed by atoms with Gasteiger partial charge in [0.05, 0.1) is 17.1 Å². The summed E-state index contributed by atoms with van der Waals surface area (Å²) < 4.78 is 39.6. The van der Waals surface area contributed by atoms with Gasteiger partial charge < -0.3 is 9.47 Å². The molecule has 0 atom stereocenters. The molecule has 4 rings (SSSR count). The zero-order valence-electron chi connectivity index (χ0n) is 16.8. The average Bonchev–Trinajstić information content (AvgIpc) is 2.64. The monoisotopic (exact) mass is 419 g/mol. The Morgan fingerprint density at radius 2 is 1.76 bits per heavy atom. The maximum absolute atomic E-state index is 12.9. The van der Waals surface area contributed by atoms with E-state index in [0.29, 0.717) is 44.3 Å². The van der Waals surface area contributed by atoms with Crippen LogP contribution in [0.1, 0.15) is 26.5 Å². The number of fused-ring (bicyclic) bond motifs is 1. The van der Waals surface area contributed by atoms with Gasteiger partial charge in [-0.1, -0.05) is 20.8 Å². The van der Waals surface area contributed by atoms with Gasteiger partial charge in [0, 0.05) is 36.6 Å². The van der Waals surface area contributed by atoms with E-state index in [1.54, 1.807) is 12.1 Å². The van der Waals surface area contributed by atoms with Crippen LogP contribution in [0.5, 0.6) is 11.5 Å². The van der Waals surface area contributed by atoms with Crippen molar-refractivity contribution in [2.24, 2.45) is 5.92 Å². The van der Waals surface area contributed by atoms with E-state index >= 15 is 0 Å². The second-order valence-corrected chi connectivity index (χ2v) is 10.4. The number of hydrogen-bond donors (Lipinski definition) is 0. The molecule has 1 aromatic heterocycles. The molecule has 2 aliphatic heterocycles. The molecule has 1 aromatic carbocycles. The van der Waals surface area contributed by atoms with E-state index in [0.717, 1.165) is 5.69 Å². The van der Waals surface area contributed by atoms with E-state index in [-0.39, 0.29) is 21.8 Å². The quantitative estimate of drug-likeness (QED) is 0.748. The van der Waals surface area contributed by atoms with Crippen LogP contribution in [0.2, 0.25) is 0 Å². The van der Waals surface area contributed by atoms with E-state index in [1.165, 1.54) is 27.2 Å². The minimum Gasteiger partial charge on any atom is -0.486 e. The summed E-state index contributed by atoms with van der Waals surface area (Å²) >= 11 is 0. The fourth-order valence-electron chi connectivity index (χ4n) is 3.39. The minimum absolute atomic E-state index is 0.0439. The molecule has 0 N–H and O–H groups in total. The van der Waals surface area contributed by atoms with Crippen LogP contribution in [0, 0.1) is 5.92 Å². The molecule has 3 heterocycles. The number of ether oxygens (including phenoxy) is 2. The van der Waals surface area contributed by atoms with Crippen LogP contribution in [0.4, 0.5) is 0 Å². The average molecular weight is 420 g/mol. The largest absolute Gasteiger partial charge is 0.486 e. The second-order valence-electron chi connectivity index (χ2n) is 8.48. The zero-order valence-corrected chi connectivity index (χ0v) is 17.6. The van der Waals surface area contributed by atoms with Gasteiger partial charge in [-0.2, -0.15) is 9.40 Å². The van der Waals surface area contributed by atoms with Gasteiger partial charge in [-0.3, -0.25) is 4.79 Å². The van der Waals surface area contributed by atoms with Gasteiger partial charge in [0.25, 0.3) is 5.56 Å². The number of sulfonamides is 1. The summed E-state index contributed by atoms with van der Waals surface area (Å²) in [6.45, 7) is 8.07. The normalized spacial score (nSPS) is 17.8. The highest BCUT2D eigenvalue weighted by molar-refractivity contribution is 7.89. The number of nitrogens with zero attached hydrogens (tertiary/aromatic N) is 3. The Morgan fingerprint density at radius 3 is 2.45 bits per heavy atom. The predicted octanol–water partition coefficient (Wildman–Crippen LogP) is 1.63. The van der Waals surface area contributed by atoms with Gasteiger partial charge >= 0.3 is 0 Å². The molecule has 2 aliphatic rings. The summed E-state index contributed by atoms with van der Waals surface area (Å²) in [5.41, 5.74) is 0.492. The Kier molecular flexibility index (Phi) is 4.90.